The van der Waals surface area contributed by atoms with Gasteiger partial charge in [0, 0.05) is 29.4 Å². The number of anilines is 1. The highest BCUT2D eigenvalue weighted by Gasteiger charge is 2.34. The Hall–Kier alpha value is -1.48. The zero-order chi connectivity index (χ0) is 14.1. The Morgan fingerprint density at radius 2 is 2.10 bits per heavy atom. The van der Waals surface area contributed by atoms with Crippen LogP contribution in [0.5, 0.6) is 0 Å². The fourth-order valence-electron chi connectivity index (χ4n) is 2.48. The number of halogens is 1. The van der Waals surface area contributed by atoms with Gasteiger partial charge in [-0.25, -0.2) is 4.79 Å². The van der Waals surface area contributed by atoms with E-state index in [1.807, 2.05) is 18.2 Å². The normalized spacial score (nSPS) is 18.4. The molecule has 2 aliphatic carbocycles. The Kier molecular flexibility index (Phi) is 3.70. The summed E-state index contributed by atoms with van der Waals surface area (Å²) in [6.45, 7) is 1.07. The van der Waals surface area contributed by atoms with Gasteiger partial charge in [0.05, 0.1) is 0 Å². The van der Waals surface area contributed by atoms with Gasteiger partial charge in [-0.1, -0.05) is 17.7 Å². The molecular formula is C16H18ClNO2. The third kappa shape index (κ3) is 3.34. The first-order valence-corrected chi connectivity index (χ1v) is 7.48. The minimum absolute atomic E-state index is 0.603. The average Bonchev–Trinajstić information content (AvgIpc) is 3.25. The molecular weight excluding hydrogens is 274 g/mol. The fraction of sp³-hybridized carbons (Fsp3) is 0.438. The molecule has 0 heterocycles. The van der Waals surface area contributed by atoms with Crippen molar-refractivity contribution in [2.24, 2.45) is 5.92 Å². The number of benzene rings is 1. The van der Waals surface area contributed by atoms with E-state index in [0.717, 1.165) is 23.7 Å². The van der Waals surface area contributed by atoms with Gasteiger partial charge >= 0.3 is 5.97 Å². The molecule has 3 nitrogen and oxygen atoms in total. The number of nitrogens with zero attached hydrogens (tertiary/aromatic N) is 1. The maximum atomic E-state index is 10.7. The van der Waals surface area contributed by atoms with E-state index in [1.165, 1.54) is 31.8 Å². The van der Waals surface area contributed by atoms with Crippen molar-refractivity contribution in [3.63, 3.8) is 0 Å². The van der Waals surface area contributed by atoms with Crippen LogP contribution in [0.3, 0.4) is 0 Å². The van der Waals surface area contributed by atoms with E-state index >= 15 is 0 Å². The van der Waals surface area contributed by atoms with E-state index < -0.39 is 5.97 Å². The van der Waals surface area contributed by atoms with Crippen LogP contribution < -0.4 is 4.90 Å². The van der Waals surface area contributed by atoms with Crippen LogP contribution >= 0.6 is 11.6 Å². The molecule has 0 aliphatic heterocycles. The standard InChI is InChI=1S/C16H18ClNO2/c17-13-5-3-12(4-8-16(19)20)15(9-13)18(14-6-7-14)10-11-1-2-11/h3-5,8-9,11,14H,1-2,6-7,10H2,(H,19,20)/b8-4+. The minimum atomic E-state index is -0.925. The summed E-state index contributed by atoms with van der Waals surface area (Å²) in [6.07, 6.45) is 7.92. The summed E-state index contributed by atoms with van der Waals surface area (Å²) >= 11 is 6.13. The Bertz CT molecular complexity index is 547. The van der Waals surface area contributed by atoms with Gasteiger partial charge < -0.3 is 10.0 Å². The van der Waals surface area contributed by atoms with Crippen LogP contribution in [-0.2, 0) is 4.79 Å². The Morgan fingerprint density at radius 3 is 2.70 bits per heavy atom. The monoisotopic (exact) mass is 291 g/mol. The molecule has 1 N–H and O–H groups in total. The highest BCUT2D eigenvalue weighted by molar-refractivity contribution is 6.31. The van der Waals surface area contributed by atoms with Crippen LogP contribution in [0.15, 0.2) is 24.3 Å². The Balaban J connectivity index is 1.91. The molecule has 0 spiro atoms. The molecule has 2 saturated carbocycles. The number of carbonyl (C=O) groups is 1. The highest BCUT2D eigenvalue weighted by atomic mass is 35.5. The van der Waals surface area contributed by atoms with Crippen molar-refractivity contribution >= 4 is 29.3 Å². The molecule has 0 unspecified atom stereocenters. The van der Waals surface area contributed by atoms with Crippen molar-refractivity contribution in [2.45, 2.75) is 31.7 Å². The van der Waals surface area contributed by atoms with Gasteiger partial charge in [0.1, 0.15) is 0 Å². The summed E-state index contributed by atoms with van der Waals surface area (Å²) in [5, 5.41) is 9.51. The van der Waals surface area contributed by atoms with Crippen molar-refractivity contribution in [3.8, 4) is 0 Å². The van der Waals surface area contributed by atoms with Gasteiger partial charge in [-0.05, 0) is 55.4 Å². The number of carboxylic acids is 1. The highest BCUT2D eigenvalue weighted by Crippen LogP contribution is 2.39. The first-order chi connectivity index (χ1) is 9.63. The second kappa shape index (κ2) is 5.49. The Labute approximate surface area is 123 Å². The lowest BCUT2D eigenvalue weighted by Crippen LogP contribution is -2.28. The lowest BCUT2D eigenvalue weighted by molar-refractivity contribution is -0.131. The van der Waals surface area contributed by atoms with Crippen LogP contribution in [0.25, 0.3) is 6.08 Å². The average molecular weight is 292 g/mol. The predicted octanol–water partition coefficient (Wildman–Crippen LogP) is 3.82. The summed E-state index contributed by atoms with van der Waals surface area (Å²) in [6, 6.07) is 6.28. The number of rotatable bonds is 6. The lowest BCUT2D eigenvalue weighted by Gasteiger charge is -2.26. The van der Waals surface area contributed by atoms with Crippen molar-refractivity contribution in [1.82, 2.24) is 0 Å². The first-order valence-electron chi connectivity index (χ1n) is 7.10. The predicted molar refractivity (Wildman–Crippen MR) is 81.2 cm³/mol. The molecule has 1 aromatic rings. The number of aliphatic carboxylic acids is 1. The maximum Gasteiger partial charge on any atom is 0.328 e. The van der Waals surface area contributed by atoms with Crippen molar-refractivity contribution in [2.75, 3.05) is 11.4 Å². The minimum Gasteiger partial charge on any atom is -0.478 e. The van der Waals surface area contributed by atoms with Gasteiger partial charge in [-0.15, -0.1) is 0 Å². The second-order valence-electron chi connectivity index (χ2n) is 5.70. The summed E-state index contributed by atoms with van der Waals surface area (Å²) in [5.41, 5.74) is 2.01. The van der Waals surface area contributed by atoms with Crippen LogP contribution in [0.4, 0.5) is 5.69 Å². The molecule has 2 fully saturated rings. The van der Waals surface area contributed by atoms with Gasteiger partial charge in [0.15, 0.2) is 0 Å². The number of hydrogen-bond donors (Lipinski definition) is 1. The molecule has 0 saturated heterocycles. The maximum absolute atomic E-state index is 10.7. The molecule has 0 aromatic heterocycles. The van der Waals surface area contributed by atoms with Crippen LogP contribution in [0.1, 0.15) is 31.2 Å². The molecule has 2 aliphatic rings. The molecule has 0 atom stereocenters. The zero-order valence-corrected chi connectivity index (χ0v) is 12.0. The van der Waals surface area contributed by atoms with E-state index in [-0.39, 0.29) is 0 Å². The third-order valence-corrected chi connectivity index (χ3v) is 4.08. The third-order valence-electron chi connectivity index (χ3n) is 3.85. The van der Waals surface area contributed by atoms with Crippen molar-refractivity contribution < 1.29 is 9.90 Å². The largest absolute Gasteiger partial charge is 0.478 e. The lowest BCUT2D eigenvalue weighted by atomic mass is 10.1. The second-order valence-corrected chi connectivity index (χ2v) is 6.14. The zero-order valence-electron chi connectivity index (χ0n) is 11.3. The Morgan fingerprint density at radius 1 is 1.35 bits per heavy atom. The van der Waals surface area contributed by atoms with Crippen LogP contribution in [-0.4, -0.2) is 23.7 Å². The first kappa shape index (κ1) is 13.5. The molecule has 0 amide bonds. The summed E-state index contributed by atoms with van der Waals surface area (Å²) in [7, 11) is 0. The molecule has 0 radical (unpaired) electrons. The topological polar surface area (TPSA) is 40.5 Å². The van der Waals surface area contributed by atoms with E-state index in [4.69, 9.17) is 16.7 Å². The molecule has 3 rings (SSSR count). The quantitative estimate of drug-likeness (QED) is 0.810. The number of carboxylic acid groups (broad SMARTS) is 1. The SMILES string of the molecule is O=C(O)/C=C/c1ccc(Cl)cc1N(CC1CC1)C1CC1. The van der Waals surface area contributed by atoms with Gasteiger partial charge in [0.25, 0.3) is 0 Å². The van der Waals surface area contributed by atoms with Crippen molar-refractivity contribution in [1.29, 1.82) is 0 Å². The van der Waals surface area contributed by atoms with Crippen LogP contribution in [0, 0.1) is 5.92 Å². The van der Waals surface area contributed by atoms with Gasteiger partial charge in [0.2, 0.25) is 0 Å². The molecule has 20 heavy (non-hydrogen) atoms. The van der Waals surface area contributed by atoms with Gasteiger partial charge in [-0.3, -0.25) is 0 Å². The molecule has 1 aromatic carbocycles. The number of hydrogen-bond acceptors (Lipinski definition) is 2. The summed E-state index contributed by atoms with van der Waals surface area (Å²) in [4.78, 5) is 13.1. The van der Waals surface area contributed by atoms with Gasteiger partial charge in [-0.2, -0.15) is 0 Å². The van der Waals surface area contributed by atoms with E-state index in [2.05, 4.69) is 4.90 Å². The van der Waals surface area contributed by atoms with E-state index in [0.29, 0.717) is 11.1 Å². The van der Waals surface area contributed by atoms with Crippen molar-refractivity contribution in [3.05, 3.63) is 34.9 Å². The fourth-order valence-corrected chi connectivity index (χ4v) is 2.64. The smallest absolute Gasteiger partial charge is 0.328 e. The van der Waals surface area contributed by atoms with Crippen LogP contribution in [0.2, 0.25) is 5.02 Å². The summed E-state index contributed by atoms with van der Waals surface area (Å²) < 4.78 is 0. The van der Waals surface area contributed by atoms with E-state index in [9.17, 15) is 4.79 Å². The molecule has 4 heteroatoms. The van der Waals surface area contributed by atoms with E-state index in [1.54, 1.807) is 6.08 Å². The summed E-state index contributed by atoms with van der Waals surface area (Å²) in [5.74, 6) is -0.128. The molecule has 0 bridgehead atoms. The molecule has 106 valence electrons.